The highest BCUT2D eigenvalue weighted by molar-refractivity contribution is 6.06. The van der Waals surface area contributed by atoms with Gasteiger partial charge in [-0.3, -0.25) is 14.6 Å². The van der Waals surface area contributed by atoms with Crippen molar-refractivity contribution in [1.82, 2.24) is 10.3 Å². The number of carboxylic acid groups (broad SMARTS) is 1. The van der Waals surface area contributed by atoms with Crippen LogP contribution in [0.25, 0.3) is 10.9 Å². The second kappa shape index (κ2) is 6.83. The summed E-state index contributed by atoms with van der Waals surface area (Å²) in [5, 5.41) is 12.6. The van der Waals surface area contributed by atoms with Gasteiger partial charge in [-0.05, 0) is 18.6 Å². The summed E-state index contributed by atoms with van der Waals surface area (Å²) in [7, 11) is 0. The summed E-state index contributed by atoms with van der Waals surface area (Å²) in [5.41, 5.74) is 1.26. The van der Waals surface area contributed by atoms with Crippen LogP contribution in [0.4, 0.5) is 0 Å². The van der Waals surface area contributed by atoms with Crippen molar-refractivity contribution in [2.75, 3.05) is 6.54 Å². The van der Waals surface area contributed by atoms with Crippen LogP contribution < -0.4 is 5.32 Å². The average molecular weight is 286 g/mol. The molecule has 0 fully saturated rings. The van der Waals surface area contributed by atoms with Gasteiger partial charge in [-0.2, -0.15) is 0 Å². The van der Waals surface area contributed by atoms with Gasteiger partial charge >= 0.3 is 5.97 Å². The van der Waals surface area contributed by atoms with Gasteiger partial charge < -0.3 is 10.4 Å². The van der Waals surface area contributed by atoms with E-state index in [1.807, 2.05) is 31.2 Å². The van der Waals surface area contributed by atoms with Crippen molar-refractivity contribution in [3.8, 4) is 0 Å². The molecule has 0 aliphatic rings. The quantitative estimate of drug-likeness (QED) is 0.855. The molecule has 21 heavy (non-hydrogen) atoms. The van der Waals surface area contributed by atoms with Gasteiger partial charge in [0.05, 0.1) is 17.0 Å². The van der Waals surface area contributed by atoms with E-state index in [9.17, 15) is 9.59 Å². The molecule has 0 saturated carbocycles. The number of nitrogens with zero attached hydrogens (tertiary/aromatic N) is 1. The molecule has 1 aromatic carbocycles. The summed E-state index contributed by atoms with van der Waals surface area (Å²) >= 11 is 0. The first-order chi connectivity index (χ1) is 10.1. The number of pyridine rings is 1. The standard InChI is InChI=1S/C16H18N2O3/c1-2-5-11(16(20)21)10-18-15(19)13-8-9-17-14-7-4-3-6-12(13)14/h3-4,6-9,11H,2,5,10H2,1H3,(H,18,19)(H,20,21). The van der Waals surface area contributed by atoms with Crippen molar-refractivity contribution in [2.24, 2.45) is 5.92 Å². The molecule has 0 saturated heterocycles. The molecule has 0 aliphatic carbocycles. The van der Waals surface area contributed by atoms with E-state index >= 15 is 0 Å². The minimum absolute atomic E-state index is 0.138. The number of para-hydroxylation sites is 1. The molecule has 1 aromatic heterocycles. The van der Waals surface area contributed by atoms with Gasteiger partial charge in [0.1, 0.15) is 0 Å². The fourth-order valence-corrected chi connectivity index (χ4v) is 2.27. The Labute approximate surface area is 123 Å². The molecule has 0 radical (unpaired) electrons. The van der Waals surface area contributed by atoms with Gasteiger partial charge in [-0.1, -0.05) is 31.5 Å². The lowest BCUT2D eigenvalue weighted by molar-refractivity contribution is -0.141. The molecule has 5 heteroatoms. The zero-order valence-corrected chi connectivity index (χ0v) is 11.9. The SMILES string of the molecule is CCCC(CNC(=O)c1ccnc2ccccc12)C(=O)O. The van der Waals surface area contributed by atoms with Crippen molar-refractivity contribution >= 4 is 22.8 Å². The Morgan fingerprint density at radius 2 is 2.05 bits per heavy atom. The lowest BCUT2D eigenvalue weighted by Gasteiger charge is -2.13. The largest absolute Gasteiger partial charge is 0.481 e. The van der Waals surface area contributed by atoms with Crippen LogP contribution in [-0.2, 0) is 4.79 Å². The Kier molecular flexibility index (Phi) is 4.87. The van der Waals surface area contributed by atoms with E-state index in [0.717, 1.165) is 17.3 Å². The number of carbonyl (C=O) groups excluding carboxylic acids is 1. The van der Waals surface area contributed by atoms with Gasteiger partial charge in [0, 0.05) is 18.1 Å². The zero-order chi connectivity index (χ0) is 15.2. The number of hydrogen-bond donors (Lipinski definition) is 2. The number of carbonyl (C=O) groups is 2. The van der Waals surface area contributed by atoms with E-state index in [1.165, 1.54) is 0 Å². The van der Waals surface area contributed by atoms with E-state index in [-0.39, 0.29) is 12.5 Å². The number of benzene rings is 1. The number of fused-ring (bicyclic) bond motifs is 1. The second-order valence-corrected chi connectivity index (χ2v) is 4.91. The predicted molar refractivity (Wildman–Crippen MR) is 80.1 cm³/mol. The molecule has 2 aromatic rings. The molecule has 1 amide bonds. The van der Waals surface area contributed by atoms with E-state index in [2.05, 4.69) is 10.3 Å². The normalized spacial score (nSPS) is 12.0. The van der Waals surface area contributed by atoms with Crippen molar-refractivity contribution in [2.45, 2.75) is 19.8 Å². The topological polar surface area (TPSA) is 79.3 Å². The first-order valence-electron chi connectivity index (χ1n) is 6.98. The van der Waals surface area contributed by atoms with Crippen molar-refractivity contribution in [1.29, 1.82) is 0 Å². The molecular weight excluding hydrogens is 268 g/mol. The van der Waals surface area contributed by atoms with Gasteiger partial charge in [0.15, 0.2) is 0 Å². The second-order valence-electron chi connectivity index (χ2n) is 4.91. The monoisotopic (exact) mass is 286 g/mol. The van der Waals surface area contributed by atoms with Crippen molar-refractivity contribution in [3.05, 3.63) is 42.1 Å². The number of aromatic nitrogens is 1. The Balaban J connectivity index is 2.14. The van der Waals surface area contributed by atoms with Crippen molar-refractivity contribution < 1.29 is 14.7 Å². The third kappa shape index (κ3) is 3.56. The lowest BCUT2D eigenvalue weighted by Crippen LogP contribution is -2.33. The fraction of sp³-hybridized carbons (Fsp3) is 0.312. The molecule has 1 atom stereocenters. The van der Waals surface area contributed by atoms with Gasteiger partial charge in [-0.15, -0.1) is 0 Å². The minimum Gasteiger partial charge on any atom is -0.481 e. The van der Waals surface area contributed by atoms with Crippen LogP contribution in [0.2, 0.25) is 0 Å². The van der Waals surface area contributed by atoms with Crippen LogP contribution in [0.15, 0.2) is 36.5 Å². The number of carboxylic acids is 1. The number of amides is 1. The molecule has 0 spiro atoms. The highest BCUT2D eigenvalue weighted by atomic mass is 16.4. The molecule has 1 unspecified atom stereocenters. The van der Waals surface area contributed by atoms with Crippen molar-refractivity contribution in [3.63, 3.8) is 0 Å². The van der Waals surface area contributed by atoms with E-state index in [1.54, 1.807) is 12.3 Å². The van der Waals surface area contributed by atoms with Crippen LogP contribution in [0.3, 0.4) is 0 Å². The van der Waals surface area contributed by atoms with E-state index in [4.69, 9.17) is 5.11 Å². The Morgan fingerprint density at radius 1 is 1.29 bits per heavy atom. The maximum atomic E-state index is 12.3. The summed E-state index contributed by atoms with van der Waals surface area (Å²) in [5.74, 6) is -1.69. The number of rotatable bonds is 6. The zero-order valence-electron chi connectivity index (χ0n) is 11.9. The smallest absolute Gasteiger partial charge is 0.308 e. The molecule has 0 bridgehead atoms. The van der Waals surface area contributed by atoms with Gasteiger partial charge in [0.25, 0.3) is 5.91 Å². The maximum absolute atomic E-state index is 12.3. The lowest BCUT2D eigenvalue weighted by atomic mass is 10.0. The average Bonchev–Trinajstić information content (AvgIpc) is 2.50. The third-order valence-corrected chi connectivity index (χ3v) is 3.39. The van der Waals surface area contributed by atoms with Crippen LogP contribution in [0.5, 0.6) is 0 Å². The third-order valence-electron chi connectivity index (χ3n) is 3.39. The summed E-state index contributed by atoms with van der Waals surface area (Å²) in [6, 6.07) is 9.02. The summed E-state index contributed by atoms with van der Waals surface area (Å²) < 4.78 is 0. The number of hydrogen-bond acceptors (Lipinski definition) is 3. The molecular formula is C16H18N2O3. The number of aliphatic carboxylic acids is 1. The molecule has 2 N–H and O–H groups in total. The highest BCUT2D eigenvalue weighted by Gasteiger charge is 2.18. The first-order valence-corrected chi connectivity index (χ1v) is 6.98. The minimum atomic E-state index is -0.878. The highest BCUT2D eigenvalue weighted by Crippen LogP contribution is 2.16. The van der Waals surface area contributed by atoms with E-state index < -0.39 is 11.9 Å². The summed E-state index contributed by atoms with van der Waals surface area (Å²) in [4.78, 5) is 27.6. The molecule has 2 rings (SSSR count). The molecule has 0 aliphatic heterocycles. The maximum Gasteiger partial charge on any atom is 0.308 e. The number of nitrogens with one attached hydrogen (secondary N) is 1. The molecule has 110 valence electrons. The Hall–Kier alpha value is -2.43. The van der Waals surface area contributed by atoms with Crippen LogP contribution in [0.1, 0.15) is 30.1 Å². The van der Waals surface area contributed by atoms with Crippen LogP contribution in [-0.4, -0.2) is 28.5 Å². The summed E-state index contributed by atoms with van der Waals surface area (Å²) in [6.07, 6.45) is 2.90. The predicted octanol–water partition coefficient (Wildman–Crippen LogP) is 2.47. The van der Waals surface area contributed by atoms with Gasteiger partial charge in [0.2, 0.25) is 0 Å². The molecule has 5 nitrogen and oxygen atoms in total. The Bertz CT molecular complexity index is 650. The van der Waals surface area contributed by atoms with Gasteiger partial charge in [-0.25, -0.2) is 0 Å². The van der Waals surface area contributed by atoms with E-state index in [0.29, 0.717) is 12.0 Å². The van der Waals surface area contributed by atoms with Crippen LogP contribution in [0, 0.1) is 5.92 Å². The first kappa shape index (κ1) is 15.0. The molecule has 1 heterocycles. The summed E-state index contributed by atoms with van der Waals surface area (Å²) in [6.45, 7) is 2.06. The fourth-order valence-electron chi connectivity index (χ4n) is 2.27. The van der Waals surface area contributed by atoms with Crippen LogP contribution >= 0.6 is 0 Å². The Morgan fingerprint density at radius 3 is 2.76 bits per heavy atom.